The third kappa shape index (κ3) is 4.84. The summed E-state index contributed by atoms with van der Waals surface area (Å²) in [6, 6.07) is 4.22. The van der Waals surface area contributed by atoms with E-state index in [1.165, 1.54) is 4.90 Å². The second-order valence-electron chi connectivity index (χ2n) is 6.15. The quantitative estimate of drug-likeness (QED) is 0.785. The number of halogens is 2. The second kappa shape index (κ2) is 8.18. The van der Waals surface area contributed by atoms with Crippen LogP contribution in [0.5, 0.6) is 0 Å². The fraction of sp³-hybridized carbons (Fsp3) is 0.500. The van der Waals surface area contributed by atoms with Crippen LogP contribution in [-0.4, -0.2) is 47.3 Å². The number of ether oxygens (including phenoxy) is 1. The van der Waals surface area contributed by atoms with E-state index in [0.717, 1.165) is 0 Å². The van der Waals surface area contributed by atoms with E-state index in [0.29, 0.717) is 15.2 Å². The maximum absolute atomic E-state index is 12.5. The van der Waals surface area contributed by atoms with E-state index in [2.05, 4.69) is 21.2 Å². The van der Waals surface area contributed by atoms with Gasteiger partial charge in [-0.3, -0.25) is 9.69 Å². The number of anilines is 1. The zero-order valence-corrected chi connectivity index (χ0v) is 15.8. The van der Waals surface area contributed by atoms with Gasteiger partial charge in [0.15, 0.2) is 0 Å². The van der Waals surface area contributed by atoms with Gasteiger partial charge in [-0.05, 0) is 40.0 Å². The minimum Gasteiger partial charge on any atom is -0.449 e. The predicted molar refractivity (Wildman–Crippen MR) is 95.1 cm³/mol. The van der Waals surface area contributed by atoms with Crippen LogP contribution in [-0.2, 0) is 9.53 Å². The van der Waals surface area contributed by atoms with Gasteiger partial charge < -0.3 is 15.2 Å². The Bertz CT molecular complexity index is 626. The van der Waals surface area contributed by atoms with Crippen molar-refractivity contribution in [2.75, 3.05) is 18.5 Å². The Morgan fingerprint density at radius 1 is 1.50 bits per heavy atom. The van der Waals surface area contributed by atoms with Crippen molar-refractivity contribution in [1.82, 2.24) is 4.90 Å². The average molecular weight is 420 g/mol. The highest BCUT2D eigenvalue weighted by Crippen LogP contribution is 2.27. The molecular weight excluding hydrogens is 400 g/mol. The molecule has 0 saturated carbocycles. The average Bonchev–Trinajstić information content (AvgIpc) is 2.90. The smallest absolute Gasteiger partial charge is 0.410 e. The molecule has 6 nitrogen and oxygen atoms in total. The lowest BCUT2D eigenvalue weighted by Gasteiger charge is -2.23. The van der Waals surface area contributed by atoms with Gasteiger partial charge in [-0.15, -0.1) is 0 Å². The number of rotatable bonds is 4. The van der Waals surface area contributed by atoms with E-state index in [4.69, 9.17) is 16.3 Å². The molecule has 1 aromatic rings. The van der Waals surface area contributed by atoms with Gasteiger partial charge in [0.05, 0.1) is 24.3 Å². The van der Waals surface area contributed by atoms with Gasteiger partial charge in [0, 0.05) is 16.6 Å². The summed E-state index contributed by atoms with van der Waals surface area (Å²) in [5.74, 6) is -0.178. The van der Waals surface area contributed by atoms with Gasteiger partial charge in [0.25, 0.3) is 0 Å². The summed E-state index contributed by atoms with van der Waals surface area (Å²) in [6.45, 7) is 4.20. The second-order valence-corrected chi connectivity index (χ2v) is 7.41. The highest BCUT2D eigenvalue weighted by atomic mass is 79.9. The molecule has 1 aromatic carbocycles. The van der Waals surface area contributed by atoms with E-state index < -0.39 is 18.2 Å². The third-order valence-electron chi connectivity index (χ3n) is 3.54. The first kappa shape index (κ1) is 19.0. The maximum Gasteiger partial charge on any atom is 0.410 e. The van der Waals surface area contributed by atoms with E-state index >= 15 is 0 Å². The Labute approximate surface area is 154 Å². The van der Waals surface area contributed by atoms with Gasteiger partial charge in [-0.25, -0.2) is 4.79 Å². The van der Waals surface area contributed by atoms with Crippen molar-refractivity contribution in [2.45, 2.75) is 32.4 Å². The molecule has 2 N–H and O–H groups in total. The molecule has 8 heteroatoms. The predicted octanol–water partition coefficient (Wildman–Crippen LogP) is 3.27. The van der Waals surface area contributed by atoms with Crippen LogP contribution < -0.4 is 5.32 Å². The molecule has 0 spiro atoms. The Morgan fingerprint density at radius 3 is 2.83 bits per heavy atom. The summed E-state index contributed by atoms with van der Waals surface area (Å²) in [5.41, 5.74) is 0.549. The molecule has 2 unspecified atom stereocenters. The van der Waals surface area contributed by atoms with Crippen LogP contribution in [0.25, 0.3) is 0 Å². The van der Waals surface area contributed by atoms with E-state index in [1.807, 2.05) is 13.8 Å². The largest absolute Gasteiger partial charge is 0.449 e. The zero-order chi connectivity index (χ0) is 17.9. The first-order chi connectivity index (χ1) is 11.3. The molecule has 1 heterocycles. The van der Waals surface area contributed by atoms with Crippen molar-refractivity contribution in [3.63, 3.8) is 0 Å². The van der Waals surface area contributed by atoms with Crippen LogP contribution in [0.2, 0.25) is 5.02 Å². The van der Waals surface area contributed by atoms with Crippen molar-refractivity contribution in [2.24, 2.45) is 5.92 Å². The Morgan fingerprint density at radius 2 is 2.21 bits per heavy atom. The van der Waals surface area contributed by atoms with Gasteiger partial charge in [0.2, 0.25) is 5.91 Å². The molecule has 0 bridgehead atoms. The summed E-state index contributed by atoms with van der Waals surface area (Å²) in [6.07, 6.45) is -1.15. The van der Waals surface area contributed by atoms with Gasteiger partial charge >= 0.3 is 6.09 Å². The number of hydrogen-bond donors (Lipinski definition) is 2. The fourth-order valence-corrected chi connectivity index (χ4v) is 2.88. The van der Waals surface area contributed by atoms with Crippen molar-refractivity contribution in [3.8, 4) is 0 Å². The number of hydrogen-bond acceptors (Lipinski definition) is 4. The SMILES string of the molecule is CC(C)COC(=O)N1CC(O)CC1C(=O)Nc1ccc(Cl)c(Br)c1. The molecule has 24 heavy (non-hydrogen) atoms. The molecule has 1 aliphatic heterocycles. The van der Waals surface area contributed by atoms with Crippen molar-refractivity contribution in [3.05, 3.63) is 27.7 Å². The summed E-state index contributed by atoms with van der Waals surface area (Å²) < 4.78 is 5.83. The third-order valence-corrected chi connectivity index (χ3v) is 4.76. The first-order valence-corrected chi connectivity index (χ1v) is 8.82. The van der Waals surface area contributed by atoms with Crippen LogP contribution in [0.1, 0.15) is 20.3 Å². The normalized spacial score (nSPS) is 20.3. The highest BCUT2D eigenvalue weighted by molar-refractivity contribution is 9.10. The lowest BCUT2D eigenvalue weighted by atomic mass is 10.2. The topological polar surface area (TPSA) is 78.9 Å². The lowest BCUT2D eigenvalue weighted by Crippen LogP contribution is -2.43. The van der Waals surface area contributed by atoms with E-state index in [1.54, 1.807) is 18.2 Å². The minimum atomic E-state index is -0.769. The maximum atomic E-state index is 12.5. The molecule has 132 valence electrons. The van der Waals surface area contributed by atoms with Crippen molar-refractivity contribution in [1.29, 1.82) is 0 Å². The monoisotopic (exact) mass is 418 g/mol. The van der Waals surface area contributed by atoms with Crippen LogP contribution in [0, 0.1) is 5.92 Å². The number of aliphatic hydroxyl groups excluding tert-OH is 1. The number of nitrogens with one attached hydrogen (secondary N) is 1. The summed E-state index contributed by atoms with van der Waals surface area (Å²) in [4.78, 5) is 25.9. The Balaban J connectivity index is 2.05. The van der Waals surface area contributed by atoms with E-state index in [9.17, 15) is 14.7 Å². The van der Waals surface area contributed by atoms with Crippen LogP contribution in [0.15, 0.2) is 22.7 Å². The molecule has 0 aliphatic carbocycles. The number of carbonyl (C=O) groups excluding carboxylic acids is 2. The molecule has 2 amide bonds. The summed E-state index contributed by atoms with van der Waals surface area (Å²) in [7, 11) is 0. The molecule has 0 radical (unpaired) electrons. The molecule has 0 aromatic heterocycles. The molecule has 1 fully saturated rings. The molecular formula is C16H20BrClN2O4. The number of nitrogens with zero attached hydrogens (tertiary/aromatic N) is 1. The molecule has 2 atom stereocenters. The van der Waals surface area contributed by atoms with Gasteiger partial charge in [-0.2, -0.15) is 0 Å². The van der Waals surface area contributed by atoms with Crippen LogP contribution in [0.4, 0.5) is 10.5 Å². The number of likely N-dealkylation sites (tertiary alicyclic amines) is 1. The van der Waals surface area contributed by atoms with Crippen molar-refractivity contribution < 1.29 is 19.4 Å². The number of aliphatic hydroxyl groups is 1. The lowest BCUT2D eigenvalue weighted by molar-refractivity contribution is -0.120. The molecule has 1 aliphatic rings. The minimum absolute atomic E-state index is 0.0827. The number of carbonyl (C=O) groups is 2. The van der Waals surface area contributed by atoms with Crippen molar-refractivity contribution >= 4 is 45.2 Å². The highest BCUT2D eigenvalue weighted by Gasteiger charge is 2.39. The van der Waals surface area contributed by atoms with Crippen LogP contribution >= 0.6 is 27.5 Å². The molecule has 2 rings (SSSR count). The number of benzene rings is 1. The fourth-order valence-electron chi connectivity index (χ4n) is 2.38. The number of amides is 2. The van der Waals surface area contributed by atoms with Crippen LogP contribution in [0.3, 0.4) is 0 Å². The summed E-state index contributed by atoms with van der Waals surface area (Å²) >= 11 is 9.22. The van der Waals surface area contributed by atoms with Gasteiger partial charge in [-0.1, -0.05) is 25.4 Å². The number of β-amino-alcohol motifs (C(OH)–C–C–N with tert-alkyl or cyclic N) is 1. The zero-order valence-electron chi connectivity index (χ0n) is 13.5. The first-order valence-electron chi connectivity index (χ1n) is 7.65. The van der Waals surface area contributed by atoms with Gasteiger partial charge in [0.1, 0.15) is 6.04 Å². The standard InChI is InChI=1S/C16H20BrClN2O4/c1-9(2)8-24-16(23)20-7-11(21)6-14(20)15(22)19-10-3-4-13(18)12(17)5-10/h3-5,9,11,14,21H,6-8H2,1-2H3,(H,19,22). The molecule has 1 saturated heterocycles. The Hall–Kier alpha value is -1.31. The summed E-state index contributed by atoms with van der Waals surface area (Å²) in [5, 5.41) is 13.1. The Kier molecular flexibility index (Phi) is 6.48. The van der Waals surface area contributed by atoms with E-state index in [-0.39, 0.29) is 31.4 Å².